The Morgan fingerprint density at radius 1 is 0.889 bits per heavy atom. The molecule has 0 atom stereocenters. The van der Waals surface area contributed by atoms with E-state index in [0.29, 0.717) is 0 Å². The number of aromatic nitrogens is 3. The van der Waals surface area contributed by atoms with Crippen LogP contribution in [0.5, 0.6) is 0 Å². The molecule has 3 heteroatoms. The summed E-state index contributed by atoms with van der Waals surface area (Å²) in [5.74, 6) is 0. The zero-order valence-corrected chi connectivity index (χ0v) is 9.88. The smallest absolute Gasteiger partial charge is 0.0868 e. The van der Waals surface area contributed by atoms with Gasteiger partial charge in [-0.25, -0.2) is 0 Å². The SMILES string of the molecule is c1ccc(-c2ccccc2Cc2c[nH]nn2)cc1. The second-order valence-electron chi connectivity index (χ2n) is 4.16. The Kier molecular flexibility index (Phi) is 2.88. The van der Waals surface area contributed by atoms with Crippen molar-refractivity contribution in [3.05, 3.63) is 72.1 Å². The summed E-state index contributed by atoms with van der Waals surface area (Å²) in [5.41, 5.74) is 4.70. The maximum Gasteiger partial charge on any atom is 0.0868 e. The van der Waals surface area contributed by atoms with E-state index in [1.807, 2.05) is 12.3 Å². The molecule has 0 spiro atoms. The minimum absolute atomic E-state index is 0.793. The third-order valence-corrected chi connectivity index (χ3v) is 2.94. The molecule has 0 amide bonds. The van der Waals surface area contributed by atoms with Crippen LogP contribution in [-0.4, -0.2) is 15.4 Å². The first-order valence-electron chi connectivity index (χ1n) is 5.92. The van der Waals surface area contributed by atoms with E-state index in [0.717, 1.165) is 12.1 Å². The molecule has 0 bridgehead atoms. The summed E-state index contributed by atoms with van der Waals surface area (Å²) in [4.78, 5) is 0. The maximum atomic E-state index is 4.04. The van der Waals surface area contributed by atoms with Gasteiger partial charge in [-0.1, -0.05) is 59.8 Å². The highest BCUT2D eigenvalue weighted by Crippen LogP contribution is 2.24. The van der Waals surface area contributed by atoms with E-state index in [1.165, 1.54) is 16.7 Å². The number of hydrogen-bond acceptors (Lipinski definition) is 2. The minimum atomic E-state index is 0.793. The Morgan fingerprint density at radius 3 is 2.44 bits per heavy atom. The summed E-state index contributed by atoms with van der Waals surface area (Å²) in [6.07, 6.45) is 2.63. The first-order chi connectivity index (χ1) is 8.93. The first-order valence-corrected chi connectivity index (χ1v) is 5.92. The number of H-pyrrole nitrogens is 1. The molecule has 0 aliphatic rings. The van der Waals surface area contributed by atoms with Crippen LogP contribution >= 0.6 is 0 Å². The average Bonchev–Trinajstić information content (AvgIpc) is 2.93. The second kappa shape index (κ2) is 4.84. The van der Waals surface area contributed by atoms with Crippen LogP contribution in [0.4, 0.5) is 0 Å². The summed E-state index contributed by atoms with van der Waals surface area (Å²) >= 11 is 0. The van der Waals surface area contributed by atoms with Crippen molar-refractivity contribution >= 4 is 0 Å². The number of aromatic amines is 1. The third-order valence-electron chi connectivity index (χ3n) is 2.94. The van der Waals surface area contributed by atoms with Crippen LogP contribution < -0.4 is 0 Å². The molecular weight excluding hydrogens is 222 g/mol. The van der Waals surface area contributed by atoms with Gasteiger partial charge in [-0.05, 0) is 16.7 Å². The lowest BCUT2D eigenvalue weighted by Gasteiger charge is -2.08. The molecule has 0 fully saturated rings. The Balaban J connectivity index is 2.00. The van der Waals surface area contributed by atoms with E-state index in [-0.39, 0.29) is 0 Å². The molecule has 88 valence electrons. The van der Waals surface area contributed by atoms with E-state index in [2.05, 4.69) is 63.9 Å². The minimum Gasteiger partial charge on any atom is -0.265 e. The fraction of sp³-hybridized carbons (Fsp3) is 0.0667. The molecular formula is C15H13N3. The van der Waals surface area contributed by atoms with Gasteiger partial charge in [0.15, 0.2) is 0 Å². The van der Waals surface area contributed by atoms with Gasteiger partial charge < -0.3 is 0 Å². The number of nitrogens with zero attached hydrogens (tertiary/aromatic N) is 2. The van der Waals surface area contributed by atoms with Crippen molar-refractivity contribution < 1.29 is 0 Å². The summed E-state index contributed by atoms with van der Waals surface area (Å²) in [6, 6.07) is 18.8. The van der Waals surface area contributed by atoms with Gasteiger partial charge in [0, 0.05) is 12.6 Å². The van der Waals surface area contributed by atoms with Gasteiger partial charge in [-0.15, -0.1) is 5.10 Å². The molecule has 1 heterocycles. The molecule has 3 rings (SSSR count). The average molecular weight is 235 g/mol. The Hall–Kier alpha value is -2.42. The topological polar surface area (TPSA) is 41.6 Å². The lowest BCUT2D eigenvalue weighted by Crippen LogP contribution is -1.92. The van der Waals surface area contributed by atoms with Gasteiger partial charge >= 0.3 is 0 Å². The van der Waals surface area contributed by atoms with Gasteiger partial charge in [0.1, 0.15) is 0 Å². The van der Waals surface area contributed by atoms with Crippen LogP contribution in [0.2, 0.25) is 0 Å². The Morgan fingerprint density at radius 2 is 1.67 bits per heavy atom. The number of rotatable bonds is 3. The number of nitrogens with one attached hydrogen (secondary N) is 1. The highest BCUT2D eigenvalue weighted by molar-refractivity contribution is 5.67. The van der Waals surface area contributed by atoms with E-state index in [4.69, 9.17) is 0 Å². The van der Waals surface area contributed by atoms with Crippen molar-refractivity contribution in [1.29, 1.82) is 0 Å². The standard InChI is InChI=1S/C15H13N3/c1-2-6-12(7-3-1)15-9-5-4-8-13(15)10-14-11-16-18-17-14/h1-9,11H,10H2,(H,16,17,18). The highest BCUT2D eigenvalue weighted by atomic mass is 15.3. The summed E-state index contributed by atoms with van der Waals surface area (Å²) < 4.78 is 0. The number of hydrogen-bond donors (Lipinski definition) is 1. The van der Waals surface area contributed by atoms with Gasteiger partial charge in [0.2, 0.25) is 0 Å². The maximum absolute atomic E-state index is 4.04. The van der Waals surface area contributed by atoms with E-state index < -0.39 is 0 Å². The van der Waals surface area contributed by atoms with Gasteiger partial charge in [-0.3, -0.25) is 5.10 Å². The van der Waals surface area contributed by atoms with Crippen molar-refractivity contribution in [3.63, 3.8) is 0 Å². The van der Waals surface area contributed by atoms with Crippen molar-refractivity contribution in [2.24, 2.45) is 0 Å². The zero-order chi connectivity index (χ0) is 12.2. The lowest BCUT2D eigenvalue weighted by atomic mass is 9.97. The number of benzene rings is 2. The van der Waals surface area contributed by atoms with Gasteiger partial charge in [0.25, 0.3) is 0 Å². The van der Waals surface area contributed by atoms with E-state index >= 15 is 0 Å². The fourth-order valence-electron chi connectivity index (χ4n) is 2.08. The predicted octanol–water partition coefficient (Wildman–Crippen LogP) is 3.06. The van der Waals surface area contributed by atoms with Crippen molar-refractivity contribution in [3.8, 4) is 11.1 Å². The lowest BCUT2D eigenvalue weighted by molar-refractivity contribution is 0.915. The van der Waals surface area contributed by atoms with Crippen LogP contribution in [0.25, 0.3) is 11.1 Å². The molecule has 0 unspecified atom stereocenters. The van der Waals surface area contributed by atoms with Crippen LogP contribution in [0.3, 0.4) is 0 Å². The van der Waals surface area contributed by atoms with E-state index in [9.17, 15) is 0 Å². The molecule has 3 nitrogen and oxygen atoms in total. The van der Waals surface area contributed by atoms with Gasteiger partial charge in [-0.2, -0.15) is 0 Å². The summed E-state index contributed by atoms with van der Waals surface area (Å²) in [7, 11) is 0. The first kappa shape index (κ1) is 10.7. The quantitative estimate of drug-likeness (QED) is 0.758. The van der Waals surface area contributed by atoms with E-state index in [1.54, 1.807) is 0 Å². The van der Waals surface area contributed by atoms with Crippen molar-refractivity contribution in [2.45, 2.75) is 6.42 Å². The molecule has 1 aromatic heterocycles. The van der Waals surface area contributed by atoms with Crippen LogP contribution in [0, 0.1) is 0 Å². The normalized spacial score (nSPS) is 10.4. The molecule has 0 aliphatic heterocycles. The Labute approximate surface area is 105 Å². The molecule has 3 aromatic rings. The van der Waals surface area contributed by atoms with Crippen LogP contribution in [0.1, 0.15) is 11.3 Å². The Bertz CT molecular complexity index is 615. The second-order valence-corrected chi connectivity index (χ2v) is 4.16. The van der Waals surface area contributed by atoms with Crippen molar-refractivity contribution in [2.75, 3.05) is 0 Å². The third kappa shape index (κ3) is 2.15. The van der Waals surface area contributed by atoms with Crippen LogP contribution in [-0.2, 0) is 6.42 Å². The molecule has 0 aliphatic carbocycles. The molecule has 2 aromatic carbocycles. The van der Waals surface area contributed by atoms with Crippen molar-refractivity contribution in [1.82, 2.24) is 15.4 Å². The van der Waals surface area contributed by atoms with Crippen LogP contribution in [0.15, 0.2) is 60.8 Å². The van der Waals surface area contributed by atoms with Gasteiger partial charge in [0.05, 0.1) is 5.69 Å². The largest absolute Gasteiger partial charge is 0.265 e. The molecule has 1 N–H and O–H groups in total. The monoisotopic (exact) mass is 235 g/mol. The fourth-order valence-corrected chi connectivity index (χ4v) is 2.08. The predicted molar refractivity (Wildman–Crippen MR) is 71.1 cm³/mol. The molecule has 0 radical (unpaired) electrons. The summed E-state index contributed by atoms with van der Waals surface area (Å²) in [5, 5.41) is 10.5. The summed E-state index contributed by atoms with van der Waals surface area (Å²) in [6.45, 7) is 0. The zero-order valence-electron chi connectivity index (χ0n) is 9.88. The molecule has 18 heavy (non-hydrogen) atoms. The highest BCUT2D eigenvalue weighted by Gasteiger charge is 2.06. The molecule has 0 saturated carbocycles. The molecule has 0 saturated heterocycles.